The van der Waals surface area contributed by atoms with Gasteiger partial charge in [-0.1, -0.05) is 71.8 Å². The van der Waals surface area contributed by atoms with E-state index in [2.05, 4.69) is 46.5 Å². The molecule has 2 aliphatic heterocycles. The lowest BCUT2D eigenvalue weighted by atomic mass is 9.32. The Balaban J connectivity index is 0.690. The van der Waals surface area contributed by atoms with Gasteiger partial charge < -0.3 is 69.9 Å². The number of aliphatic hydroxyl groups is 8. The van der Waals surface area contributed by atoms with Crippen LogP contribution in [0.4, 0.5) is 4.39 Å². The van der Waals surface area contributed by atoms with Crippen molar-refractivity contribution in [2.75, 3.05) is 26.4 Å². The van der Waals surface area contributed by atoms with Crippen LogP contribution in [0.3, 0.4) is 0 Å². The number of hydrogen-bond acceptors (Lipinski definition) is 17. The van der Waals surface area contributed by atoms with E-state index in [-0.39, 0.29) is 77.7 Å². The van der Waals surface area contributed by atoms with Crippen LogP contribution in [0.5, 0.6) is 0 Å². The van der Waals surface area contributed by atoms with Gasteiger partial charge in [0, 0.05) is 35.1 Å². The Morgan fingerprint density at radius 2 is 1.52 bits per heavy atom. The number of nitrogens with one attached hydrogen (secondary N) is 1. The van der Waals surface area contributed by atoms with Crippen molar-refractivity contribution in [2.45, 2.75) is 257 Å². The van der Waals surface area contributed by atoms with Crippen LogP contribution in [-0.4, -0.2) is 169 Å². The fourth-order valence-corrected chi connectivity index (χ4v) is 22.7. The molecular formula is C69H104FNO17. The Hall–Kier alpha value is -3.05. The van der Waals surface area contributed by atoms with Crippen LogP contribution >= 0.6 is 0 Å². The second-order valence-electron chi connectivity index (χ2n) is 31.5. The number of carbonyl (C=O) groups excluding carboxylic acids is 4. The van der Waals surface area contributed by atoms with Gasteiger partial charge in [-0.2, -0.15) is 0 Å². The highest BCUT2D eigenvalue weighted by Crippen LogP contribution is 2.78. The maximum absolute atomic E-state index is 17.7. The summed E-state index contributed by atoms with van der Waals surface area (Å²) >= 11 is 0. The highest BCUT2D eigenvalue weighted by atomic mass is 19.1. The van der Waals surface area contributed by atoms with Gasteiger partial charge in [-0.25, -0.2) is 4.39 Å². The Bertz CT molecular complexity index is 2780. The molecule has 0 aromatic heterocycles. The number of ketones is 2. The van der Waals surface area contributed by atoms with Crippen molar-refractivity contribution < 1.29 is 88.1 Å². The maximum atomic E-state index is 17.7. The summed E-state index contributed by atoms with van der Waals surface area (Å²) in [6, 6.07) is 0. The Morgan fingerprint density at radius 3 is 2.24 bits per heavy atom. The summed E-state index contributed by atoms with van der Waals surface area (Å²) in [7, 11) is 0. The molecule has 9 aliphatic carbocycles. The average molecular weight is 1240 g/mol. The zero-order valence-electron chi connectivity index (χ0n) is 53.6. The van der Waals surface area contributed by atoms with Gasteiger partial charge in [-0.15, -0.1) is 0 Å². The van der Waals surface area contributed by atoms with E-state index in [1.807, 2.05) is 0 Å². The number of Topliss-reactive ketones (excluding diaryl/α,β-unsaturated/α-hetero) is 1. The van der Waals surface area contributed by atoms with Crippen LogP contribution in [0, 0.1) is 85.2 Å². The molecule has 494 valence electrons. The number of fused-ring (bicyclic) bond motifs is 12. The second kappa shape index (κ2) is 23.4. The monoisotopic (exact) mass is 1240 g/mol. The van der Waals surface area contributed by atoms with Crippen molar-refractivity contribution in [1.29, 1.82) is 0 Å². The van der Waals surface area contributed by atoms with E-state index in [9.17, 15) is 60.0 Å². The van der Waals surface area contributed by atoms with E-state index in [4.69, 9.17) is 23.7 Å². The molecule has 28 atom stereocenters. The number of carbonyl (C=O) groups is 4. The first kappa shape index (κ1) is 66.4. The fraction of sp³-hybridized carbons (Fsp3) is 0.855. The minimum Gasteiger partial charge on any atom is -0.458 e. The number of aliphatic hydroxyl groups excluding tert-OH is 7. The van der Waals surface area contributed by atoms with Gasteiger partial charge in [0.25, 0.3) is 0 Å². The maximum Gasteiger partial charge on any atom is 0.306 e. The molecule has 11 aliphatic rings. The lowest BCUT2D eigenvalue weighted by Crippen LogP contribution is -2.69. The number of unbranched alkanes of at least 4 members (excludes halogenated alkanes) is 2. The van der Waals surface area contributed by atoms with Gasteiger partial charge in [-0.3, -0.25) is 19.2 Å². The molecule has 18 nitrogen and oxygen atoms in total. The molecule has 0 spiro atoms. The number of halogens is 1. The molecule has 11 rings (SSSR count). The van der Waals surface area contributed by atoms with Crippen molar-refractivity contribution in [2.24, 2.45) is 85.2 Å². The highest BCUT2D eigenvalue weighted by molar-refractivity contribution is 6.01. The molecular weight excluding hydrogens is 1130 g/mol. The average Bonchev–Trinajstić information content (AvgIpc) is 1.11. The minimum absolute atomic E-state index is 0.0462. The van der Waals surface area contributed by atoms with Crippen molar-refractivity contribution in [3.63, 3.8) is 0 Å². The normalized spacial score (nSPS) is 51.9. The Kier molecular flexibility index (Phi) is 17.7. The second-order valence-corrected chi connectivity index (χ2v) is 31.5. The third kappa shape index (κ3) is 9.68. The number of hydrogen-bond donors (Lipinski definition) is 9. The van der Waals surface area contributed by atoms with Crippen LogP contribution in [0.1, 0.15) is 178 Å². The van der Waals surface area contributed by atoms with Gasteiger partial charge in [0.2, 0.25) is 11.7 Å². The summed E-state index contributed by atoms with van der Waals surface area (Å²) in [5.74, 6) is -2.05. The molecule has 1 amide bonds. The van der Waals surface area contributed by atoms with E-state index in [0.717, 1.165) is 63.4 Å². The summed E-state index contributed by atoms with van der Waals surface area (Å²) in [6.07, 6.45) is 1.35. The van der Waals surface area contributed by atoms with Gasteiger partial charge in [0.15, 0.2) is 30.6 Å². The number of allylic oxidation sites excluding steroid dienone is 5. The summed E-state index contributed by atoms with van der Waals surface area (Å²) in [5.41, 5.74) is -6.31. The largest absolute Gasteiger partial charge is 0.458 e. The lowest BCUT2D eigenvalue weighted by Gasteiger charge is -2.73. The first-order chi connectivity index (χ1) is 41.3. The standard InChI is InChI=1S/C69H104FNO17/c1-36(2)41-20-26-67(60(82)71-29-13-11-12-14-51(77)84-34-49(76)69(83)37(3)30-44-42-16-15-39-31-40(73)19-24-63(39,7)68(42,70)48(75)32-66(44,69)10)28-27-64(8)43(52(41)67)17-18-47-61(5)23-22-50(62(6,35-72)46(61)21-25-65(47,64)9)87-59-57(54(79)45(74)33-85-59)88-58-56(81)55(80)53(78)38(4)86-58/h19,24,31,37-38,41-48,50,52-59,72,74-75,78-81,83H,1,11-18,20-23,25-30,32-35H2,2-10H3,(H,71,82)/t37-,38+,41+,42?,43-,44+,45+,46-,47-,48+,50+,52-,53+,54+,55-,56-,57-,58+,59+,61+,62+,63+,64-,65-,66+,67+,68+,69+/m1/s1. The van der Waals surface area contributed by atoms with Gasteiger partial charge in [0.1, 0.15) is 42.2 Å². The highest BCUT2D eigenvalue weighted by Gasteiger charge is 2.77. The molecule has 0 aromatic rings. The molecule has 2 saturated heterocycles. The van der Waals surface area contributed by atoms with Crippen LogP contribution in [0.15, 0.2) is 36.0 Å². The molecule has 8 saturated carbocycles. The molecule has 1 unspecified atom stereocenters. The number of ether oxygens (including phenoxy) is 5. The fourth-order valence-electron chi connectivity index (χ4n) is 22.7. The van der Waals surface area contributed by atoms with Gasteiger partial charge in [0.05, 0.1) is 36.9 Å². The van der Waals surface area contributed by atoms with Crippen LogP contribution in [0.2, 0.25) is 0 Å². The van der Waals surface area contributed by atoms with E-state index in [1.165, 1.54) is 19.1 Å². The molecule has 9 N–H and O–H groups in total. The number of alkyl halides is 1. The summed E-state index contributed by atoms with van der Waals surface area (Å²) < 4.78 is 47.9. The molecule has 2 heterocycles. The zero-order valence-corrected chi connectivity index (χ0v) is 53.6. The van der Waals surface area contributed by atoms with Crippen LogP contribution < -0.4 is 5.32 Å². The molecule has 0 aromatic carbocycles. The SMILES string of the molecule is C=C(C)[C@@H]1CC[C@]2(C(=O)NCCCCCC(=O)OCC(=O)[C@@]3(O)[C@H](C)C[C@H]4C5CCC6=CC(=O)C=C[C@]6(C)[C@@]5(F)[C@@H](O)C[C@@]43C)CC[C@]3(C)[C@H](CC[C@@H]4[C@@]5(C)CC[C@H](O[C@@H]6OC[C@H](O)[C@H](O)[C@H]6O[C@@H]6O[C@@H](C)[C@H](O)[C@@H](O)[C@H]6O)[C@@](C)(CO)[C@@H]5CC[C@]43C)[C@@H]12. The topological polar surface area (TPSA) is 288 Å². The van der Waals surface area contributed by atoms with E-state index < -0.39 is 137 Å². The van der Waals surface area contributed by atoms with Crippen molar-refractivity contribution in [1.82, 2.24) is 5.32 Å². The van der Waals surface area contributed by atoms with Crippen molar-refractivity contribution in [3.8, 4) is 0 Å². The third-order valence-electron chi connectivity index (χ3n) is 27.8. The first-order valence-electron chi connectivity index (χ1n) is 33.5. The van der Waals surface area contributed by atoms with E-state index in [0.29, 0.717) is 63.0 Å². The molecule has 10 fully saturated rings. The van der Waals surface area contributed by atoms with Crippen molar-refractivity contribution in [3.05, 3.63) is 36.0 Å². The van der Waals surface area contributed by atoms with Gasteiger partial charge in [-0.05, 0) is 193 Å². The van der Waals surface area contributed by atoms with Crippen molar-refractivity contribution >= 4 is 23.4 Å². The summed E-state index contributed by atoms with van der Waals surface area (Å²) in [6.45, 7) is 22.4. The minimum atomic E-state index is -2.10. The Morgan fingerprint density at radius 1 is 0.784 bits per heavy atom. The molecule has 88 heavy (non-hydrogen) atoms. The molecule has 0 radical (unpaired) electrons. The quantitative estimate of drug-likeness (QED) is 0.0348. The summed E-state index contributed by atoms with van der Waals surface area (Å²) in [5, 5.41) is 92.8. The van der Waals surface area contributed by atoms with E-state index >= 15 is 4.39 Å². The predicted octanol–water partition coefficient (Wildman–Crippen LogP) is 6.43. The zero-order chi connectivity index (χ0) is 63.9. The number of amides is 1. The third-order valence-corrected chi connectivity index (χ3v) is 27.8. The smallest absolute Gasteiger partial charge is 0.306 e. The van der Waals surface area contributed by atoms with Gasteiger partial charge >= 0.3 is 5.97 Å². The Labute approximate surface area is 519 Å². The number of rotatable bonds is 16. The van der Waals surface area contributed by atoms with Crippen LogP contribution in [-0.2, 0) is 42.9 Å². The molecule has 0 bridgehead atoms. The predicted molar refractivity (Wildman–Crippen MR) is 320 cm³/mol. The van der Waals surface area contributed by atoms with Crippen LogP contribution in [0.25, 0.3) is 0 Å². The molecule has 19 heteroatoms. The lowest BCUT2D eigenvalue weighted by molar-refractivity contribution is -0.366. The van der Waals surface area contributed by atoms with E-state index in [1.54, 1.807) is 26.8 Å². The summed E-state index contributed by atoms with van der Waals surface area (Å²) in [4.78, 5) is 54.6. The first-order valence-corrected chi connectivity index (χ1v) is 33.5. The number of esters is 1.